The number of carbonyl (C=O) groups is 1. The van der Waals surface area contributed by atoms with Gasteiger partial charge in [-0.2, -0.15) is 4.98 Å². The van der Waals surface area contributed by atoms with Crippen LogP contribution in [0.4, 0.5) is 5.69 Å². The summed E-state index contributed by atoms with van der Waals surface area (Å²) in [5.41, 5.74) is 7.75. The molecule has 8 nitrogen and oxygen atoms in total. The summed E-state index contributed by atoms with van der Waals surface area (Å²) in [6, 6.07) is 17.3. The van der Waals surface area contributed by atoms with E-state index < -0.39 is 0 Å². The van der Waals surface area contributed by atoms with Crippen LogP contribution in [0.3, 0.4) is 0 Å². The molecule has 10 heteroatoms. The van der Waals surface area contributed by atoms with Gasteiger partial charge in [0.2, 0.25) is 17.6 Å². The summed E-state index contributed by atoms with van der Waals surface area (Å²) < 4.78 is 6.37. The number of amides is 1. The molecule has 1 saturated heterocycles. The van der Waals surface area contributed by atoms with Crippen molar-refractivity contribution < 1.29 is 9.32 Å². The van der Waals surface area contributed by atoms with Gasteiger partial charge in [-0.05, 0) is 24.3 Å². The number of hydrogen-bond acceptors (Lipinski definition) is 8. The Hall–Kier alpha value is -2.53. The smallest absolute Gasteiger partial charge is 0.241 e. The van der Waals surface area contributed by atoms with Crippen LogP contribution in [0.2, 0.25) is 0 Å². The van der Waals surface area contributed by atoms with Crippen LogP contribution in [0, 0.1) is 5.92 Å². The number of nitrogens with zero attached hydrogens (tertiary/aromatic N) is 4. The number of anilines is 1. The van der Waals surface area contributed by atoms with Crippen LogP contribution in [-0.2, 0) is 10.5 Å². The van der Waals surface area contributed by atoms with Crippen molar-refractivity contribution in [1.82, 2.24) is 21.0 Å². The third-order valence-electron chi connectivity index (χ3n) is 4.82. The molecular formula is C20H17BrN6O2S. The Bertz CT molecular complexity index is 1110. The fourth-order valence-electron chi connectivity index (χ4n) is 3.37. The number of nitrogens with one attached hydrogen (secondary N) is 2. The quantitative estimate of drug-likeness (QED) is 0.586. The Labute approximate surface area is 185 Å². The fourth-order valence-corrected chi connectivity index (χ4v) is 4.65. The largest absolute Gasteiger partial charge is 0.338 e. The third kappa shape index (κ3) is 3.79. The van der Waals surface area contributed by atoms with Crippen molar-refractivity contribution in [2.45, 2.75) is 11.9 Å². The highest BCUT2D eigenvalue weighted by atomic mass is 79.9. The highest BCUT2D eigenvalue weighted by Gasteiger charge is 2.42. The molecule has 1 aromatic heterocycles. The molecule has 2 aliphatic heterocycles. The second-order valence-corrected chi connectivity index (χ2v) is 8.67. The number of benzene rings is 2. The highest BCUT2D eigenvalue weighted by molar-refractivity contribution is 9.10. The SMILES string of the molecule is O=C1C2CNNC2N=C(SCc2nc(-c3cccc(Br)c3)no2)N1c1ccccc1. The predicted molar refractivity (Wildman–Crippen MR) is 119 cm³/mol. The van der Waals surface area contributed by atoms with Crippen LogP contribution in [0.1, 0.15) is 5.89 Å². The molecule has 152 valence electrons. The summed E-state index contributed by atoms with van der Waals surface area (Å²) >= 11 is 4.85. The van der Waals surface area contributed by atoms with Gasteiger partial charge in [-0.25, -0.2) is 10.4 Å². The normalized spacial score (nSPS) is 20.9. The Morgan fingerprint density at radius 3 is 2.90 bits per heavy atom. The van der Waals surface area contributed by atoms with Crippen molar-refractivity contribution in [3.63, 3.8) is 0 Å². The zero-order valence-electron chi connectivity index (χ0n) is 15.7. The number of hydrogen-bond donors (Lipinski definition) is 2. The van der Waals surface area contributed by atoms with Crippen molar-refractivity contribution in [1.29, 1.82) is 0 Å². The van der Waals surface area contributed by atoms with Crippen LogP contribution in [0.5, 0.6) is 0 Å². The average molecular weight is 485 g/mol. The lowest BCUT2D eigenvalue weighted by Crippen LogP contribution is -2.49. The molecule has 0 saturated carbocycles. The van der Waals surface area contributed by atoms with E-state index in [2.05, 4.69) is 36.9 Å². The van der Waals surface area contributed by atoms with Crippen molar-refractivity contribution >= 4 is 44.5 Å². The number of hydrazine groups is 1. The number of halogens is 1. The molecule has 0 radical (unpaired) electrons. The van der Waals surface area contributed by atoms with Gasteiger partial charge in [-0.1, -0.05) is 63.2 Å². The summed E-state index contributed by atoms with van der Waals surface area (Å²) in [6.07, 6.45) is -0.278. The van der Waals surface area contributed by atoms with Gasteiger partial charge in [0.1, 0.15) is 6.17 Å². The molecule has 2 unspecified atom stereocenters. The fraction of sp³-hybridized carbons (Fsp3) is 0.200. The number of aliphatic imine (C=N–C) groups is 1. The lowest BCUT2D eigenvalue weighted by Gasteiger charge is -2.32. The summed E-state index contributed by atoms with van der Waals surface area (Å²) in [6.45, 7) is 0.550. The van der Waals surface area contributed by atoms with Crippen LogP contribution >= 0.6 is 27.7 Å². The maximum atomic E-state index is 13.1. The van der Waals surface area contributed by atoms with Gasteiger partial charge >= 0.3 is 0 Å². The first kappa shape index (κ1) is 19.4. The molecule has 2 aliphatic rings. The summed E-state index contributed by atoms with van der Waals surface area (Å²) in [5, 5.41) is 4.68. The Morgan fingerprint density at radius 2 is 2.07 bits per heavy atom. The van der Waals surface area contributed by atoms with Gasteiger partial charge in [0, 0.05) is 16.6 Å². The van der Waals surface area contributed by atoms with Gasteiger partial charge in [-0.15, -0.1) is 0 Å². The molecule has 0 spiro atoms. The number of carbonyl (C=O) groups excluding carboxylic acids is 1. The molecule has 3 heterocycles. The molecule has 0 bridgehead atoms. The Kier molecular flexibility index (Phi) is 5.38. The number of para-hydroxylation sites is 1. The molecule has 30 heavy (non-hydrogen) atoms. The summed E-state index contributed by atoms with van der Waals surface area (Å²) in [4.78, 5) is 24.1. The first-order valence-electron chi connectivity index (χ1n) is 9.35. The summed E-state index contributed by atoms with van der Waals surface area (Å²) in [5.74, 6) is 1.18. The lowest BCUT2D eigenvalue weighted by molar-refractivity contribution is -0.121. The minimum atomic E-state index is -0.278. The third-order valence-corrected chi connectivity index (χ3v) is 6.25. The topological polar surface area (TPSA) is 95.6 Å². The van der Waals surface area contributed by atoms with Crippen molar-refractivity contribution in [3.8, 4) is 11.4 Å². The monoisotopic (exact) mass is 484 g/mol. The van der Waals surface area contributed by atoms with E-state index in [1.165, 1.54) is 11.8 Å². The number of thioether (sulfide) groups is 1. The van der Waals surface area contributed by atoms with Crippen molar-refractivity contribution in [2.75, 3.05) is 11.4 Å². The van der Waals surface area contributed by atoms with Crippen LogP contribution < -0.4 is 15.8 Å². The van der Waals surface area contributed by atoms with Crippen LogP contribution in [-0.4, -0.2) is 33.9 Å². The second kappa shape index (κ2) is 8.31. The Balaban J connectivity index is 1.38. The van der Waals surface area contributed by atoms with E-state index >= 15 is 0 Å². The zero-order chi connectivity index (χ0) is 20.5. The van der Waals surface area contributed by atoms with Crippen molar-refractivity contribution in [2.24, 2.45) is 10.9 Å². The van der Waals surface area contributed by atoms with E-state index in [1.54, 1.807) is 4.90 Å². The van der Waals surface area contributed by atoms with E-state index in [9.17, 15) is 4.79 Å². The first-order chi connectivity index (χ1) is 14.7. The van der Waals surface area contributed by atoms with Gasteiger partial charge in [0.15, 0.2) is 5.17 Å². The number of rotatable bonds is 4. The molecule has 5 rings (SSSR count). The lowest BCUT2D eigenvalue weighted by atomic mass is 10.1. The minimum absolute atomic E-state index is 0.0153. The highest BCUT2D eigenvalue weighted by Crippen LogP contribution is 2.30. The molecule has 2 atom stereocenters. The van der Waals surface area contributed by atoms with Crippen LogP contribution in [0.15, 0.2) is 68.6 Å². The standard InChI is InChI=1S/C20H17BrN6O2S/c21-13-6-4-5-12(9-13)17-23-16(29-26-17)11-30-20-24-18-15(10-22-25-18)19(28)27(20)14-7-2-1-3-8-14/h1-9,15,18,22,25H,10-11H2. The number of amidine groups is 1. The second-order valence-electron chi connectivity index (χ2n) is 6.81. The maximum Gasteiger partial charge on any atom is 0.241 e. The molecule has 2 aromatic carbocycles. The maximum absolute atomic E-state index is 13.1. The van der Waals surface area contributed by atoms with Crippen LogP contribution in [0.25, 0.3) is 11.4 Å². The van der Waals surface area contributed by atoms with E-state index in [0.717, 1.165) is 15.7 Å². The minimum Gasteiger partial charge on any atom is -0.338 e. The van der Waals surface area contributed by atoms with E-state index in [4.69, 9.17) is 9.52 Å². The molecule has 1 fully saturated rings. The first-order valence-corrected chi connectivity index (χ1v) is 11.1. The molecule has 2 N–H and O–H groups in total. The van der Waals surface area contributed by atoms with Crippen molar-refractivity contribution in [3.05, 3.63) is 65.0 Å². The summed E-state index contributed by atoms with van der Waals surface area (Å²) in [7, 11) is 0. The predicted octanol–water partition coefficient (Wildman–Crippen LogP) is 3.19. The van der Waals surface area contributed by atoms with Gasteiger partial charge in [0.05, 0.1) is 17.4 Å². The number of fused-ring (bicyclic) bond motifs is 1. The molecular weight excluding hydrogens is 468 g/mol. The van der Waals surface area contributed by atoms with E-state index in [1.807, 2.05) is 54.6 Å². The van der Waals surface area contributed by atoms with Gasteiger partial charge in [0.25, 0.3) is 0 Å². The molecule has 0 aliphatic carbocycles. The molecule has 1 amide bonds. The zero-order valence-corrected chi connectivity index (χ0v) is 18.1. The molecule has 3 aromatic rings. The number of aromatic nitrogens is 2. The van der Waals surface area contributed by atoms with E-state index in [0.29, 0.717) is 29.2 Å². The average Bonchev–Trinajstić information content (AvgIpc) is 3.43. The van der Waals surface area contributed by atoms with Gasteiger partial charge < -0.3 is 4.52 Å². The van der Waals surface area contributed by atoms with Gasteiger partial charge in [-0.3, -0.25) is 15.1 Å². The Morgan fingerprint density at radius 1 is 1.20 bits per heavy atom. The van der Waals surface area contributed by atoms with E-state index in [-0.39, 0.29) is 18.0 Å².